The highest BCUT2D eigenvalue weighted by molar-refractivity contribution is 6.21. The molecule has 0 N–H and O–H groups in total. The molecule has 0 atom stereocenters. The lowest BCUT2D eigenvalue weighted by Gasteiger charge is -2.30. The van der Waals surface area contributed by atoms with E-state index in [0.29, 0.717) is 29.8 Å². The average molecular weight is 366 g/mol. The van der Waals surface area contributed by atoms with Crippen LogP contribution in [0.5, 0.6) is 0 Å². The zero-order valence-electron chi connectivity index (χ0n) is 14.8. The van der Waals surface area contributed by atoms with Crippen molar-refractivity contribution in [2.24, 2.45) is 0 Å². The van der Waals surface area contributed by atoms with E-state index in [9.17, 15) is 18.8 Å². The van der Waals surface area contributed by atoms with Crippen molar-refractivity contribution < 1.29 is 18.8 Å². The minimum absolute atomic E-state index is 0.154. The predicted octanol–water partition coefficient (Wildman–Crippen LogP) is 3.18. The standard InChI is InChI=1S/C21H19FN2O3/c22-17-10-3-6-14-7-4-12-23(19(14)17)18(25)11-5-13-24-20(26)15-8-1-2-9-16(15)21(24)27/h1-3,6,8-10H,4-5,7,11-13H2. The quantitative estimate of drug-likeness (QED) is 0.781. The number of anilines is 1. The Kier molecular flexibility index (Phi) is 4.48. The fraction of sp³-hybridized carbons (Fsp3) is 0.286. The molecule has 0 spiro atoms. The van der Waals surface area contributed by atoms with Gasteiger partial charge < -0.3 is 4.90 Å². The Labute approximate surface area is 156 Å². The number of carbonyl (C=O) groups is 3. The highest BCUT2D eigenvalue weighted by atomic mass is 19.1. The van der Waals surface area contributed by atoms with Crippen molar-refractivity contribution in [1.29, 1.82) is 0 Å². The fourth-order valence-electron chi connectivity index (χ4n) is 3.82. The van der Waals surface area contributed by atoms with E-state index >= 15 is 0 Å². The number of aryl methyl sites for hydroxylation is 1. The van der Waals surface area contributed by atoms with Gasteiger partial charge in [-0.1, -0.05) is 24.3 Å². The van der Waals surface area contributed by atoms with Gasteiger partial charge in [-0.25, -0.2) is 4.39 Å². The van der Waals surface area contributed by atoms with Gasteiger partial charge in [0.05, 0.1) is 16.8 Å². The van der Waals surface area contributed by atoms with Gasteiger partial charge in [0.25, 0.3) is 11.8 Å². The number of para-hydroxylation sites is 1. The van der Waals surface area contributed by atoms with E-state index < -0.39 is 0 Å². The minimum Gasteiger partial charge on any atom is -0.309 e. The molecule has 2 aliphatic heterocycles. The first-order valence-corrected chi connectivity index (χ1v) is 9.11. The van der Waals surface area contributed by atoms with E-state index in [1.165, 1.54) is 15.9 Å². The van der Waals surface area contributed by atoms with E-state index in [-0.39, 0.29) is 36.5 Å². The second-order valence-corrected chi connectivity index (χ2v) is 6.81. The van der Waals surface area contributed by atoms with Crippen molar-refractivity contribution in [1.82, 2.24) is 4.90 Å². The molecule has 138 valence electrons. The first-order valence-electron chi connectivity index (χ1n) is 9.11. The lowest BCUT2D eigenvalue weighted by Crippen LogP contribution is -2.37. The maximum absolute atomic E-state index is 14.2. The van der Waals surface area contributed by atoms with Crippen molar-refractivity contribution in [3.63, 3.8) is 0 Å². The summed E-state index contributed by atoms with van der Waals surface area (Å²) in [5, 5.41) is 0. The van der Waals surface area contributed by atoms with Gasteiger partial charge in [0, 0.05) is 19.5 Å². The molecule has 2 aromatic carbocycles. The molecule has 4 rings (SSSR count). The fourth-order valence-corrected chi connectivity index (χ4v) is 3.82. The molecule has 0 bridgehead atoms. The molecular weight excluding hydrogens is 347 g/mol. The number of rotatable bonds is 4. The van der Waals surface area contributed by atoms with Crippen LogP contribution in [0.1, 0.15) is 45.5 Å². The molecule has 2 heterocycles. The third kappa shape index (κ3) is 3.01. The second kappa shape index (κ2) is 6.95. The first kappa shape index (κ1) is 17.4. The lowest BCUT2D eigenvalue weighted by molar-refractivity contribution is -0.118. The van der Waals surface area contributed by atoms with Crippen LogP contribution in [0.25, 0.3) is 0 Å². The van der Waals surface area contributed by atoms with E-state index in [1.807, 2.05) is 6.07 Å². The van der Waals surface area contributed by atoms with Crippen molar-refractivity contribution in [3.05, 3.63) is 65.0 Å². The summed E-state index contributed by atoms with van der Waals surface area (Å²) >= 11 is 0. The number of hydrogen-bond donors (Lipinski definition) is 0. The van der Waals surface area contributed by atoms with Gasteiger partial charge >= 0.3 is 0 Å². The van der Waals surface area contributed by atoms with Gasteiger partial charge in [0.1, 0.15) is 5.82 Å². The smallest absolute Gasteiger partial charge is 0.261 e. The summed E-state index contributed by atoms with van der Waals surface area (Å²) in [4.78, 5) is 40.0. The number of nitrogens with zero attached hydrogens (tertiary/aromatic N) is 2. The van der Waals surface area contributed by atoms with Gasteiger partial charge in [-0.3, -0.25) is 19.3 Å². The van der Waals surface area contributed by atoms with Gasteiger partial charge in [0.2, 0.25) is 5.91 Å². The molecule has 0 aromatic heterocycles. The van der Waals surface area contributed by atoms with Crippen LogP contribution in [-0.2, 0) is 11.2 Å². The molecule has 0 saturated carbocycles. The van der Waals surface area contributed by atoms with Crippen LogP contribution in [0, 0.1) is 5.82 Å². The lowest BCUT2D eigenvalue weighted by atomic mass is 10.0. The molecule has 6 heteroatoms. The summed E-state index contributed by atoms with van der Waals surface area (Å²) < 4.78 is 14.2. The summed E-state index contributed by atoms with van der Waals surface area (Å²) in [6.07, 6.45) is 2.05. The topological polar surface area (TPSA) is 57.7 Å². The normalized spacial score (nSPS) is 15.7. The Hall–Kier alpha value is -3.02. The van der Waals surface area contributed by atoms with E-state index in [1.54, 1.807) is 30.3 Å². The number of benzene rings is 2. The van der Waals surface area contributed by atoms with Gasteiger partial charge in [-0.15, -0.1) is 0 Å². The van der Waals surface area contributed by atoms with Crippen molar-refractivity contribution >= 4 is 23.4 Å². The summed E-state index contributed by atoms with van der Waals surface area (Å²) in [7, 11) is 0. The number of halogens is 1. The molecular formula is C21H19FN2O3. The van der Waals surface area contributed by atoms with Gasteiger partial charge in [0.15, 0.2) is 0 Å². The molecule has 0 saturated heterocycles. The van der Waals surface area contributed by atoms with E-state index in [0.717, 1.165) is 18.4 Å². The summed E-state index contributed by atoms with van der Waals surface area (Å²) in [5.41, 5.74) is 2.02. The predicted molar refractivity (Wildman–Crippen MR) is 98.1 cm³/mol. The van der Waals surface area contributed by atoms with Crippen LogP contribution >= 0.6 is 0 Å². The second-order valence-electron chi connectivity index (χ2n) is 6.81. The maximum Gasteiger partial charge on any atom is 0.261 e. The molecule has 2 aliphatic rings. The molecule has 0 unspecified atom stereocenters. The maximum atomic E-state index is 14.2. The van der Waals surface area contributed by atoms with E-state index in [2.05, 4.69) is 0 Å². The third-order valence-electron chi connectivity index (χ3n) is 5.12. The zero-order valence-corrected chi connectivity index (χ0v) is 14.8. The number of hydrogen-bond acceptors (Lipinski definition) is 3. The average Bonchev–Trinajstić information content (AvgIpc) is 2.93. The van der Waals surface area contributed by atoms with Crippen molar-refractivity contribution in [2.75, 3.05) is 18.0 Å². The Balaban J connectivity index is 1.41. The van der Waals surface area contributed by atoms with Crippen LogP contribution in [0.2, 0.25) is 0 Å². The Morgan fingerprint density at radius 1 is 1.00 bits per heavy atom. The van der Waals surface area contributed by atoms with Crippen LogP contribution < -0.4 is 4.90 Å². The number of fused-ring (bicyclic) bond motifs is 2. The van der Waals surface area contributed by atoms with Crippen molar-refractivity contribution in [2.45, 2.75) is 25.7 Å². The van der Waals surface area contributed by atoms with Crippen LogP contribution in [0.3, 0.4) is 0 Å². The molecule has 0 fully saturated rings. The number of amides is 3. The zero-order chi connectivity index (χ0) is 19.0. The van der Waals surface area contributed by atoms with Gasteiger partial charge in [-0.2, -0.15) is 0 Å². The molecule has 0 radical (unpaired) electrons. The molecule has 2 aromatic rings. The van der Waals surface area contributed by atoms with E-state index in [4.69, 9.17) is 0 Å². The van der Waals surface area contributed by atoms with Gasteiger partial charge in [-0.05, 0) is 43.0 Å². The molecule has 0 aliphatic carbocycles. The third-order valence-corrected chi connectivity index (χ3v) is 5.12. The largest absolute Gasteiger partial charge is 0.309 e. The Bertz CT molecular complexity index is 906. The van der Waals surface area contributed by atoms with Crippen LogP contribution in [-0.4, -0.2) is 35.7 Å². The van der Waals surface area contributed by atoms with Crippen LogP contribution in [0.15, 0.2) is 42.5 Å². The van der Waals surface area contributed by atoms with Crippen LogP contribution in [0.4, 0.5) is 10.1 Å². The number of carbonyl (C=O) groups excluding carboxylic acids is 3. The van der Waals surface area contributed by atoms with Crippen molar-refractivity contribution in [3.8, 4) is 0 Å². The minimum atomic E-state index is -0.388. The molecule has 3 amide bonds. The first-order chi connectivity index (χ1) is 13.1. The molecule has 5 nitrogen and oxygen atoms in total. The Morgan fingerprint density at radius 3 is 2.41 bits per heavy atom. The summed E-state index contributed by atoms with van der Waals surface area (Å²) in [5.74, 6) is -1.21. The molecule has 27 heavy (non-hydrogen) atoms. The summed E-state index contributed by atoms with van der Waals surface area (Å²) in [6.45, 7) is 0.663. The highest BCUT2D eigenvalue weighted by Crippen LogP contribution is 2.30. The highest BCUT2D eigenvalue weighted by Gasteiger charge is 2.35. The summed E-state index contributed by atoms with van der Waals surface area (Å²) in [6, 6.07) is 11.6. The monoisotopic (exact) mass is 366 g/mol. The SMILES string of the molecule is O=C1c2ccccc2C(=O)N1CCCC(=O)N1CCCc2cccc(F)c21. The Morgan fingerprint density at radius 2 is 1.70 bits per heavy atom. The number of imide groups is 1.